The zero-order valence-electron chi connectivity index (χ0n) is 11.4. The maximum Gasteiger partial charge on any atom is 0.0130 e. The molecular weight excluding hydrogens is 367 g/mol. The van der Waals surface area contributed by atoms with Gasteiger partial charge in [0.15, 0.2) is 0 Å². The molecule has 1 heteroatoms. The van der Waals surface area contributed by atoms with Crippen LogP contribution in [0.2, 0.25) is 0 Å². The number of rotatable bonds is 1. The maximum atomic E-state index is 2.35. The zero-order valence-corrected chi connectivity index (χ0v) is 13.5. The molecule has 100 valence electrons. The molecule has 0 bridgehead atoms. The molecular formula is C20H13I. The molecule has 21 heavy (non-hydrogen) atoms. The summed E-state index contributed by atoms with van der Waals surface area (Å²) in [7, 11) is 0. The van der Waals surface area contributed by atoms with Crippen molar-refractivity contribution in [2.24, 2.45) is 0 Å². The van der Waals surface area contributed by atoms with Gasteiger partial charge in [0.2, 0.25) is 0 Å². The van der Waals surface area contributed by atoms with Crippen molar-refractivity contribution in [1.82, 2.24) is 0 Å². The third-order valence-corrected chi connectivity index (χ3v) is 4.62. The highest BCUT2D eigenvalue weighted by molar-refractivity contribution is 14.1. The van der Waals surface area contributed by atoms with Gasteiger partial charge in [0.05, 0.1) is 0 Å². The van der Waals surface area contributed by atoms with Gasteiger partial charge < -0.3 is 0 Å². The van der Waals surface area contributed by atoms with Gasteiger partial charge in [0, 0.05) is 3.57 Å². The largest absolute Gasteiger partial charge is 0.0616 e. The second-order valence-corrected chi connectivity index (χ2v) is 6.45. The minimum atomic E-state index is 1.26. The predicted octanol–water partition coefficient (Wildman–Crippen LogP) is 6.26. The first kappa shape index (κ1) is 12.8. The Morgan fingerprint density at radius 2 is 1.10 bits per heavy atom. The van der Waals surface area contributed by atoms with E-state index in [2.05, 4.69) is 101 Å². The molecule has 0 saturated heterocycles. The molecule has 0 fully saturated rings. The average Bonchev–Trinajstić information content (AvgIpc) is 2.53. The smallest absolute Gasteiger partial charge is 0.0130 e. The summed E-state index contributed by atoms with van der Waals surface area (Å²) in [4.78, 5) is 0. The Balaban J connectivity index is 2.18. The molecule has 0 unspecified atom stereocenters. The fourth-order valence-corrected chi connectivity index (χ4v) is 3.30. The van der Waals surface area contributed by atoms with Gasteiger partial charge >= 0.3 is 0 Å². The molecule has 0 N–H and O–H groups in total. The lowest BCUT2D eigenvalue weighted by Gasteiger charge is -2.12. The Hall–Kier alpha value is -1.87. The molecule has 0 aliphatic rings. The third-order valence-electron chi connectivity index (χ3n) is 3.90. The number of fused-ring (bicyclic) bond motifs is 2. The number of hydrogen-bond donors (Lipinski definition) is 0. The van der Waals surface area contributed by atoms with Crippen molar-refractivity contribution >= 4 is 44.1 Å². The van der Waals surface area contributed by atoms with E-state index in [9.17, 15) is 0 Å². The summed E-state index contributed by atoms with van der Waals surface area (Å²) in [6.07, 6.45) is 0. The zero-order chi connectivity index (χ0) is 14.2. The van der Waals surface area contributed by atoms with Crippen LogP contribution in [0.25, 0.3) is 32.7 Å². The average molecular weight is 380 g/mol. The number of hydrogen-bond acceptors (Lipinski definition) is 0. The molecule has 0 amide bonds. The van der Waals surface area contributed by atoms with Crippen LogP contribution >= 0.6 is 22.6 Å². The Bertz CT molecular complexity index is 883. The highest BCUT2D eigenvalue weighted by atomic mass is 127. The van der Waals surface area contributed by atoms with Crippen molar-refractivity contribution in [2.75, 3.05) is 0 Å². The first-order valence-corrected chi connectivity index (χ1v) is 8.07. The minimum Gasteiger partial charge on any atom is -0.0616 e. The fraction of sp³-hybridized carbons (Fsp3) is 0. The lowest BCUT2D eigenvalue weighted by Crippen LogP contribution is -1.85. The predicted molar refractivity (Wildman–Crippen MR) is 99.6 cm³/mol. The fourth-order valence-electron chi connectivity index (χ4n) is 2.94. The number of benzene rings is 4. The van der Waals surface area contributed by atoms with Crippen LogP contribution in [0.5, 0.6) is 0 Å². The van der Waals surface area contributed by atoms with Crippen molar-refractivity contribution in [1.29, 1.82) is 0 Å². The Morgan fingerprint density at radius 1 is 0.571 bits per heavy atom. The van der Waals surface area contributed by atoms with E-state index in [0.717, 1.165) is 0 Å². The molecule has 0 heterocycles. The van der Waals surface area contributed by atoms with E-state index < -0.39 is 0 Å². The van der Waals surface area contributed by atoms with Crippen LogP contribution in [-0.2, 0) is 0 Å². The van der Waals surface area contributed by atoms with Crippen LogP contribution in [0, 0.1) is 3.57 Å². The summed E-state index contributed by atoms with van der Waals surface area (Å²) >= 11 is 2.35. The standard InChI is InChI=1S/C20H13I/c21-17-11-9-14(10-12-17)20-18-7-3-1-5-15(18)13-16-6-2-4-8-19(16)20/h1-13H. The summed E-state index contributed by atoms with van der Waals surface area (Å²) in [5, 5.41) is 5.23. The summed E-state index contributed by atoms with van der Waals surface area (Å²) < 4.78 is 1.26. The SMILES string of the molecule is Ic1ccc(-c2c3ccccc3cc3ccccc23)cc1. The van der Waals surface area contributed by atoms with Gasteiger partial charge in [-0.2, -0.15) is 0 Å². The monoisotopic (exact) mass is 380 g/mol. The molecule has 4 rings (SSSR count). The van der Waals surface area contributed by atoms with Crippen LogP contribution in [0.15, 0.2) is 78.9 Å². The lowest BCUT2D eigenvalue weighted by atomic mass is 9.92. The topological polar surface area (TPSA) is 0 Å². The van der Waals surface area contributed by atoms with E-state index in [0.29, 0.717) is 0 Å². The quantitative estimate of drug-likeness (QED) is 0.270. The van der Waals surface area contributed by atoms with Gasteiger partial charge in [-0.15, -0.1) is 0 Å². The van der Waals surface area contributed by atoms with Crippen molar-refractivity contribution in [3.63, 3.8) is 0 Å². The normalized spacial score (nSPS) is 11.1. The van der Waals surface area contributed by atoms with Gasteiger partial charge in [-0.05, 0) is 73.5 Å². The van der Waals surface area contributed by atoms with Gasteiger partial charge in [-0.25, -0.2) is 0 Å². The van der Waals surface area contributed by atoms with Crippen LogP contribution in [0.1, 0.15) is 0 Å². The first-order valence-electron chi connectivity index (χ1n) is 6.99. The van der Waals surface area contributed by atoms with E-state index >= 15 is 0 Å². The van der Waals surface area contributed by atoms with E-state index in [4.69, 9.17) is 0 Å². The van der Waals surface area contributed by atoms with E-state index in [1.807, 2.05) is 0 Å². The van der Waals surface area contributed by atoms with Gasteiger partial charge in [-0.1, -0.05) is 60.7 Å². The second kappa shape index (κ2) is 5.15. The van der Waals surface area contributed by atoms with Gasteiger partial charge in [0.1, 0.15) is 0 Å². The highest BCUT2D eigenvalue weighted by Gasteiger charge is 2.09. The minimum absolute atomic E-state index is 1.26. The lowest BCUT2D eigenvalue weighted by molar-refractivity contribution is 1.63. The summed E-state index contributed by atoms with van der Waals surface area (Å²) in [5.41, 5.74) is 2.61. The Morgan fingerprint density at radius 3 is 1.67 bits per heavy atom. The van der Waals surface area contributed by atoms with Crippen LogP contribution < -0.4 is 0 Å². The van der Waals surface area contributed by atoms with Crippen LogP contribution in [-0.4, -0.2) is 0 Å². The number of halogens is 1. The van der Waals surface area contributed by atoms with E-state index in [1.54, 1.807) is 0 Å². The van der Waals surface area contributed by atoms with Crippen molar-refractivity contribution in [3.8, 4) is 11.1 Å². The maximum absolute atomic E-state index is 2.35. The molecule has 0 aliphatic heterocycles. The molecule has 0 atom stereocenters. The van der Waals surface area contributed by atoms with E-state index in [-0.39, 0.29) is 0 Å². The van der Waals surface area contributed by atoms with E-state index in [1.165, 1.54) is 36.2 Å². The first-order chi connectivity index (χ1) is 10.3. The molecule has 0 aliphatic carbocycles. The molecule has 4 aromatic rings. The summed E-state index contributed by atoms with van der Waals surface area (Å²) in [5.74, 6) is 0. The molecule has 4 aromatic carbocycles. The molecule has 0 aromatic heterocycles. The Kier molecular flexibility index (Phi) is 3.15. The Labute approximate surface area is 137 Å². The van der Waals surface area contributed by atoms with Gasteiger partial charge in [0.25, 0.3) is 0 Å². The third kappa shape index (κ3) is 2.22. The van der Waals surface area contributed by atoms with Crippen molar-refractivity contribution in [2.45, 2.75) is 0 Å². The summed E-state index contributed by atoms with van der Waals surface area (Å²) in [6, 6.07) is 28.3. The van der Waals surface area contributed by atoms with Gasteiger partial charge in [-0.3, -0.25) is 0 Å². The summed E-state index contributed by atoms with van der Waals surface area (Å²) in [6.45, 7) is 0. The molecule has 0 radical (unpaired) electrons. The van der Waals surface area contributed by atoms with Crippen LogP contribution in [0.3, 0.4) is 0 Å². The van der Waals surface area contributed by atoms with Crippen LogP contribution in [0.4, 0.5) is 0 Å². The molecule has 0 spiro atoms. The highest BCUT2D eigenvalue weighted by Crippen LogP contribution is 2.36. The molecule has 0 saturated carbocycles. The second-order valence-electron chi connectivity index (χ2n) is 5.20. The van der Waals surface area contributed by atoms with Crippen molar-refractivity contribution in [3.05, 3.63) is 82.4 Å². The van der Waals surface area contributed by atoms with Crippen molar-refractivity contribution < 1.29 is 0 Å². The molecule has 0 nitrogen and oxygen atoms in total.